The zero-order valence-corrected chi connectivity index (χ0v) is 12.0. The van der Waals surface area contributed by atoms with Crippen molar-refractivity contribution in [3.05, 3.63) is 23.8 Å². The topological polar surface area (TPSA) is 84.6 Å². The summed E-state index contributed by atoms with van der Waals surface area (Å²) < 4.78 is -0.395. The van der Waals surface area contributed by atoms with Gasteiger partial charge in [-0.3, -0.25) is 4.79 Å². The Hall–Kier alpha value is -1.87. The molecule has 1 aromatic carbocycles. The summed E-state index contributed by atoms with van der Waals surface area (Å²) >= 11 is 1.54. The Morgan fingerprint density at radius 2 is 2.00 bits per heavy atom. The quantitative estimate of drug-likeness (QED) is 0.814. The summed E-state index contributed by atoms with van der Waals surface area (Å²) in [4.78, 5) is 14.0. The lowest BCUT2D eigenvalue weighted by Crippen LogP contribution is -2.44. The number of carbonyl (C=O) groups excluding carboxylic acids is 1. The van der Waals surface area contributed by atoms with E-state index >= 15 is 0 Å². The Kier molecular flexibility index (Phi) is 4.09. The van der Waals surface area contributed by atoms with E-state index in [1.165, 1.54) is 30.0 Å². The molecule has 0 saturated carbocycles. The number of likely N-dealkylation sites (tertiary alicyclic amines) is 1. The number of piperidine rings is 1. The van der Waals surface area contributed by atoms with Gasteiger partial charge in [-0.2, -0.15) is 5.26 Å². The molecule has 1 fully saturated rings. The van der Waals surface area contributed by atoms with E-state index in [1.54, 1.807) is 4.90 Å². The van der Waals surface area contributed by atoms with Crippen molar-refractivity contribution in [3.63, 3.8) is 0 Å². The number of phenolic OH excluding ortho intramolecular Hbond substituents is 2. The number of phenols is 2. The number of rotatable bonds is 2. The lowest BCUT2D eigenvalue weighted by atomic mass is 9.96. The van der Waals surface area contributed by atoms with Crippen LogP contribution >= 0.6 is 11.8 Å². The first-order valence-electron chi connectivity index (χ1n) is 6.29. The summed E-state index contributed by atoms with van der Waals surface area (Å²) in [5, 5.41) is 27.9. The van der Waals surface area contributed by atoms with Gasteiger partial charge >= 0.3 is 0 Å². The van der Waals surface area contributed by atoms with Gasteiger partial charge in [0.25, 0.3) is 5.91 Å². The van der Waals surface area contributed by atoms with Crippen molar-refractivity contribution in [2.24, 2.45) is 0 Å². The van der Waals surface area contributed by atoms with Crippen LogP contribution in [-0.2, 0) is 0 Å². The number of hydrogen-bond acceptors (Lipinski definition) is 5. The third-order valence-corrected chi connectivity index (χ3v) is 4.96. The highest BCUT2D eigenvalue weighted by molar-refractivity contribution is 8.00. The third-order valence-electron chi connectivity index (χ3n) is 3.68. The number of benzene rings is 1. The van der Waals surface area contributed by atoms with Gasteiger partial charge in [-0.05, 0) is 37.3 Å². The lowest BCUT2D eigenvalue weighted by Gasteiger charge is -2.36. The monoisotopic (exact) mass is 292 g/mol. The van der Waals surface area contributed by atoms with E-state index in [-0.39, 0.29) is 17.4 Å². The molecule has 2 rings (SSSR count). The molecule has 0 radical (unpaired) electrons. The fourth-order valence-electron chi connectivity index (χ4n) is 2.27. The average molecular weight is 292 g/mol. The minimum atomic E-state index is -0.395. The van der Waals surface area contributed by atoms with Crippen molar-refractivity contribution in [1.82, 2.24) is 4.90 Å². The predicted octanol–water partition coefficient (Wildman–Crippen LogP) is 1.96. The van der Waals surface area contributed by atoms with E-state index < -0.39 is 4.75 Å². The second-order valence-corrected chi connectivity index (χ2v) is 6.00. The molecule has 0 aromatic heterocycles. The van der Waals surface area contributed by atoms with E-state index in [0.717, 1.165) is 0 Å². The summed E-state index contributed by atoms with van der Waals surface area (Å²) in [6, 6.07) is 6.38. The van der Waals surface area contributed by atoms with Crippen molar-refractivity contribution in [1.29, 1.82) is 5.26 Å². The Morgan fingerprint density at radius 3 is 2.50 bits per heavy atom. The molecule has 1 aromatic rings. The fraction of sp³-hybridized carbons (Fsp3) is 0.429. The van der Waals surface area contributed by atoms with Crippen LogP contribution in [0.15, 0.2) is 18.2 Å². The SMILES string of the molecule is CSC1(C#N)CCN(C(=O)c2ccc(O)c(O)c2)CC1. The number of carbonyl (C=O) groups is 1. The maximum Gasteiger partial charge on any atom is 0.253 e. The number of aromatic hydroxyl groups is 2. The van der Waals surface area contributed by atoms with Gasteiger partial charge in [0.15, 0.2) is 11.5 Å². The van der Waals surface area contributed by atoms with Crippen molar-refractivity contribution in [2.45, 2.75) is 17.6 Å². The van der Waals surface area contributed by atoms with Crippen molar-refractivity contribution < 1.29 is 15.0 Å². The molecule has 20 heavy (non-hydrogen) atoms. The van der Waals surface area contributed by atoms with Crippen LogP contribution in [0.25, 0.3) is 0 Å². The molecule has 0 spiro atoms. The van der Waals surface area contributed by atoms with Crippen molar-refractivity contribution >= 4 is 17.7 Å². The molecule has 1 saturated heterocycles. The largest absolute Gasteiger partial charge is 0.504 e. The molecule has 1 amide bonds. The summed E-state index contributed by atoms with van der Waals surface area (Å²) in [7, 11) is 0. The first-order chi connectivity index (χ1) is 9.51. The van der Waals surface area contributed by atoms with Gasteiger partial charge < -0.3 is 15.1 Å². The van der Waals surface area contributed by atoms with E-state index in [9.17, 15) is 20.3 Å². The van der Waals surface area contributed by atoms with Gasteiger partial charge in [0.2, 0.25) is 0 Å². The molecule has 5 nitrogen and oxygen atoms in total. The molecule has 106 valence electrons. The molecule has 6 heteroatoms. The average Bonchev–Trinajstić information content (AvgIpc) is 2.49. The van der Waals surface area contributed by atoms with Gasteiger partial charge in [0.05, 0.1) is 6.07 Å². The van der Waals surface area contributed by atoms with Crippen LogP contribution in [0.1, 0.15) is 23.2 Å². The number of amides is 1. The van der Waals surface area contributed by atoms with Gasteiger partial charge in [0, 0.05) is 18.7 Å². The van der Waals surface area contributed by atoms with Crippen LogP contribution in [0, 0.1) is 11.3 Å². The van der Waals surface area contributed by atoms with Crippen LogP contribution < -0.4 is 0 Å². The molecule has 0 bridgehead atoms. The van der Waals surface area contributed by atoms with Crippen LogP contribution in [0.4, 0.5) is 0 Å². The Balaban J connectivity index is 2.09. The Morgan fingerprint density at radius 1 is 1.35 bits per heavy atom. The van der Waals surface area contributed by atoms with Crippen LogP contribution in [-0.4, -0.2) is 45.1 Å². The number of thioether (sulfide) groups is 1. The molecule has 2 N–H and O–H groups in total. The van der Waals surface area contributed by atoms with Crippen molar-refractivity contribution in [3.8, 4) is 17.6 Å². The van der Waals surface area contributed by atoms with Gasteiger partial charge in [0.1, 0.15) is 4.75 Å². The van der Waals surface area contributed by atoms with E-state index in [2.05, 4.69) is 6.07 Å². The van der Waals surface area contributed by atoms with E-state index in [1.807, 2.05) is 6.26 Å². The summed E-state index contributed by atoms with van der Waals surface area (Å²) in [6.45, 7) is 1.05. The minimum Gasteiger partial charge on any atom is -0.504 e. The fourth-order valence-corrected chi connectivity index (χ4v) is 2.95. The summed E-state index contributed by atoms with van der Waals surface area (Å²) in [6.07, 6.45) is 3.19. The van der Waals surface area contributed by atoms with Gasteiger partial charge in [-0.15, -0.1) is 11.8 Å². The van der Waals surface area contributed by atoms with Gasteiger partial charge in [-0.1, -0.05) is 0 Å². The van der Waals surface area contributed by atoms with E-state index in [0.29, 0.717) is 31.5 Å². The first kappa shape index (κ1) is 14.5. The second kappa shape index (κ2) is 5.63. The van der Waals surface area contributed by atoms with Gasteiger partial charge in [-0.25, -0.2) is 0 Å². The highest BCUT2D eigenvalue weighted by Gasteiger charge is 2.35. The third kappa shape index (κ3) is 2.68. The summed E-state index contributed by atoms with van der Waals surface area (Å²) in [5.74, 6) is -0.734. The van der Waals surface area contributed by atoms with Crippen LogP contribution in [0.2, 0.25) is 0 Å². The van der Waals surface area contributed by atoms with Crippen molar-refractivity contribution in [2.75, 3.05) is 19.3 Å². The maximum atomic E-state index is 12.3. The zero-order chi connectivity index (χ0) is 14.8. The molecular weight excluding hydrogens is 276 g/mol. The molecule has 0 atom stereocenters. The van der Waals surface area contributed by atoms with Crippen LogP contribution in [0.5, 0.6) is 11.5 Å². The molecule has 1 aliphatic heterocycles. The minimum absolute atomic E-state index is 0.187. The Labute approximate surface area is 121 Å². The molecule has 0 aliphatic carbocycles. The Bertz CT molecular complexity index is 560. The number of nitriles is 1. The molecule has 1 heterocycles. The lowest BCUT2D eigenvalue weighted by molar-refractivity contribution is 0.0716. The van der Waals surface area contributed by atoms with Crippen LogP contribution in [0.3, 0.4) is 0 Å². The molecule has 1 aliphatic rings. The zero-order valence-electron chi connectivity index (χ0n) is 11.2. The normalized spacial score (nSPS) is 17.5. The standard InChI is InChI=1S/C14H16N2O3S/c1-20-14(9-15)4-6-16(7-5-14)13(19)10-2-3-11(17)12(18)8-10/h2-3,8,17-18H,4-7H2,1H3. The molecule has 0 unspecified atom stereocenters. The second-order valence-electron chi connectivity index (χ2n) is 4.81. The predicted molar refractivity (Wildman–Crippen MR) is 76.8 cm³/mol. The molecular formula is C14H16N2O3S. The highest BCUT2D eigenvalue weighted by Crippen LogP contribution is 2.34. The van der Waals surface area contributed by atoms with E-state index in [4.69, 9.17) is 0 Å². The highest BCUT2D eigenvalue weighted by atomic mass is 32.2. The maximum absolute atomic E-state index is 12.3. The first-order valence-corrected chi connectivity index (χ1v) is 7.51. The summed E-state index contributed by atoms with van der Waals surface area (Å²) in [5.41, 5.74) is 0.342. The smallest absolute Gasteiger partial charge is 0.253 e. The number of nitrogens with zero attached hydrogens (tertiary/aromatic N) is 2. The number of hydrogen-bond donors (Lipinski definition) is 2.